The minimum atomic E-state index is 0.238. The Hall–Kier alpha value is -1.62. The van der Waals surface area contributed by atoms with E-state index in [1.54, 1.807) is 0 Å². The Morgan fingerprint density at radius 3 is 2.88 bits per heavy atom. The molecule has 2 fully saturated rings. The molecule has 132 valence electrons. The molecule has 4 unspecified atom stereocenters. The topological polar surface area (TPSA) is 38.8 Å². The lowest BCUT2D eigenvalue weighted by Gasteiger charge is -2.27. The van der Waals surface area contributed by atoms with Crippen molar-refractivity contribution in [2.24, 2.45) is 17.8 Å². The van der Waals surface area contributed by atoms with Crippen molar-refractivity contribution in [3.8, 4) is 11.5 Å². The zero-order valence-corrected chi connectivity index (χ0v) is 15.0. The summed E-state index contributed by atoms with van der Waals surface area (Å²) in [5.41, 5.74) is 1.28. The summed E-state index contributed by atoms with van der Waals surface area (Å²) in [6.07, 6.45) is 7.85. The van der Waals surface area contributed by atoms with Crippen molar-refractivity contribution >= 4 is 17.7 Å². The van der Waals surface area contributed by atoms with Crippen LogP contribution in [-0.4, -0.2) is 36.4 Å². The standard InChI is InChI=1S/C20H23NO3S/c22-20(16-10-13-1-2-14(16)9-13)21-6-5-19(25-8-7-21)15-3-4-17-18(11-15)24-12-23-17/h1-4,11,13-14,16,19H,5-10,12H2. The maximum absolute atomic E-state index is 13.0. The Morgan fingerprint density at radius 1 is 1.12 bits per heavy atom. The van der Waals surface area contributed by atoms with Gasteiger partial charge >= 0.3 is 0 Å². The van der Waals surface area contributed by atoms with Crippen molar-refractivity contribution < 1.29 is 14.3 Å². The number of allylic oxidation sites excluding steroid dienone is 2. The number of ether oxygens (including phenoxy) is 2. The largest absolute Gasteiger partial charge is 0.454 e. The quantitative estimate of drug-likeness (QED) is 0.758. The highest BCUT2D eigenvalue weighted by molar-refractivity contribution is 7.99. The van der Waals surface area contributed by atoms with E-state index < -0.39 is 0 Å². The predicted molar refractivity (Wildman–Crippen MR) is 97.8 cm³/mol. The van der Waals surface area contributed by atoms with Crippen LogP contribution in [0.15, 0.2) is 30.4 Å². The molecule has 1 amide bonds. The van der Waals surface area contributed by atoms with Crippen LogP contribution >= 0.6 is 11.8 Å². The van der Waals surface area contributed by atoms with Crippen molar-refractivity contribution in [2.45, 2.75) is 24.5 Å². The third kappa shape index (κ3) is 2.82. The average molecular weight is 357 g/mol. The van der Waals surface area contributed by atoms with E-state index in [2.05, 4.69) is 29.2 Å². The highest BCUT2D eigenvalue weighted by Gasteiger charge is 2.41. The monoisotopic (exact) mass is 357 g/mol. The molecule has 0 radical (unpaired) electrons. The highest BCUT2D eigenvalue weighted by atomic mass is 32.2. The molecule has 4 nitrogen and oxygen atoms in total. The van der Waals surface area contributed by atoms with E-state index in [4.69, 9.17) is 9.47 Å². The van der Waals surface area contributed by atoms with E-state index in [1.807, 2.05) is 17.8 Å². The van der Waals surface area contributed by atoms with Crippen molar-refractivity contribution in [3.63, 3.8) is 0 Å². The summed E-state index contributed by atoms with van der Waals surface area (Å²) in [4.78, 5) is 15.1. The van der Waals surface area contributed by atoms with Crippen LogP contribution in [0.3, 0.4) is 0 Å². The normalized spacial score (nSPS) is 32.9. The van der Waals surface area contributed by atoms with Crippen molar-refractivity contribution in [2.75, 3.05) is 25.6 Å². The molecule has 4 aliphatic rings. The highest BCUT2D eigenvalue weighted by Crippen LogP contribution is 2.45. The van der Waals surface area contributed by atoms with Gasteiger partial charge in [0.1, 0.15) is 0 Å². The van der Waals surface area contributed by atoms with Crippen LogP contribution in [0.5, 0.6) is 11.5 Å². The smallest absolute Gasteiger partial charge is 0.231 e. The SMILES string of the molecule is O=C(C1CC2C=CC1C2)N1CCSC(c2ccc3c(c2)OCO3)CC1. The summed E-state index contributed by atoms with van der Waals surface area (Å²) in [7, 11) is 0. The molecule has 0 aromatic heterocycles. The zero-order valence-electron chi connectivity index (χ0n) is 14.2. The van der Waals surface area contributed by atoms with Crippen LogP contribution in [-0.2, 0) is 4.79 Å². The van der Waals surface area contributed by atoms with Gasteiger partial charge in [-0.3, -0.25) is 4.79 Å². The van der Waals surface area contributed by atoms with E-state index in [1.165, 1.54) is 12.0 Å². The number of amides is 1. The molecule has 1 aromatic carbocycles. The molecule has 5 rings (SSSR count). The molecule has 0 spiro atoms. The first-order valence-corrected chi connectivity index (χ1v) is 10.3. The molecule has 2 aliphatic carbocycles. The summed E-state index contributed by atoms with van der Waals surface area (Å²) in [6, 6.07) is 6.26. The number of thioether (sulfide) groups is 1. The third-order valence-electron chi connectivity index (χ3n) is 6.02. The van der Waals surface area contributed by atoms with Gasteiger partial charge in [-0.2, -0.15) is 11.8 Å². The maximum Gasteiger partial charge on any atom is 0.231 e. The van der Waals surface area contributed by atoms with Crippen molar-refractivity contribution in [1.29, 1.82) is 0 Å². The van der Waals surface area contributed by atoms with Crippen LogP contribution in [0.4, 0.5) is 0 Å². The Kier molecular flexibility index (Phi) is 3.92. The fraction of sp³-hybridized carbons (Fsp3) is 0.550. The van der Waals surface area contributed by atoms with Gasteiger partial charge in [-0.1, -0.05) is 18.2 Å². The number of hydrogen-bond donors (Lipinski definition) is 0. The van der Waals surface area contributed by atoms with Gasteiger partial charge in [-0.25, -0.2) is 0 Å². The molecule has 1 aromatic rings. The lowest BCUT2D eigenvalue weighted by Crippen LogP contribution is -2.39. The molecule has 2 heterocycles. The molecular weight excluding hydrogens is 334 g/mol. The lowest BCUT2D eigenvalue weighted by molar-refractivity contribution is -0.136. The molecule has 0 N–H and O–H groups in total. The summed E-state index contributed by atoms with van der Waals surface area (Å²) < 4.78 is 10.9. The fourth-order valence-electron chi connectivity index (χ4n) is 4.67. The van der Waals surface area contributed by atoms with Crippen LogP contribution in [0.25, 0.3) is 0 Å². The first-order chi connectivity index (χ1) is 12.3. The van der Waals surface area contributed by atoms with Gasteiger partial charge in [0.05, 0.1) is 0 Å². The molecular formula is C20H23NO3S. The van der Waals surface area contributed by atoms with Crippen LogP contribution in [0, 0.1) is 17.8 Å². The second-order valence-electron chi connectivity index (χ2n) is 7.47. The Labute approximate surface area is 152 Å². The molecule has 25 heavy (non-hydrogen) atoms. The minimum Gasteiger partial charge on any atom is -0.454 e. The van der Waals surface area contributed by atoms with Gasteiger partial charge in [-0.05, 0) is 48.8 Å². The van der Waals surface area contributed by atoms with Gasteiger partial charge in [0.2, 0.25) is 12.7 Å². The molecule has 4 atom stereocenters. The second kappa shape index (κ2) is 6.27. The second-order valence-corrected chi connectivity index (χ2v) is 8.78. The summed E-state index contributed by atoms with van der Waals surface area (Å²) in [5, 5.41) is 0.423. The number of carbonyl (C=O) groups excluding carboxylic acids is 1. The van der Waals surface area contributed by atoms with Gasteiger partial charge in [-0.15, -0.1) is 0 Å². The molecule has 2 bridgehead atoms. The molecule has 2 aliphatic heterocycles. The Bertz CT molecular complexity index is 719. The summed E-state index contributed by atoms with van der Waals surface area (Å²) >= 11 is 1.96. The Balaban J connectivity index is 1.26. The minimum absolute atomic E-state index is 0.238. The number of benzene rings is 1. The van der Waals surface area contributed by atoms with E-state index in [0.717, 1.165) is 43.2 Å². The van der Waals surface area contributed by atoms with Gasteiger partial charge < -0.3 is 14.4 Å². The average Bonchev–Trinajstić information content (AvgIpc) is 3.34. The zero-order chi connectivity index (χ0) is 16.8. The van der Waals surface area contributed by atoms with Crippen LogP contribution < -0.4 is 9.47 Å². The number of fused-ring (bicyclic) bond motifs is 3. The first-order valence-electron chi connectivity index (χ1n) is 9.26. The maximum atomic E-state index is 13.0. The number of rotatable bonds is 2. The van der Waals surface area contributed by atoms with E-state index >= 15 is 0 Å². The fourth-order valence-corrected chi connectivity index (χ4v) is 5.89. The van der Waals surface area contributed by atoms with E-state index in [-0.39, 0.29) is 5.92 Å². The van der Waals surface area contributed by atoms with Gasteiger partial charge in [0, 0.05) is 30.0 Å². The number of carbonyl (C=O) groups is 1. The predicted octanol–water partition coefficient (Wildman–Crippen LogP) is 3.63. The number of hydrogen-bond acceptors (Lipinski definition) is 4. The first kappa shape index (κ1) is 15.6. The van der Waals surface area contributed by atoms with Crippen LogP contribution in [0.2, 0.25) is 0 Å². The Morgan fingerprint density at radius 2 is 2.04 bits per heavy atom. The van der Waals surface area contributed by atoms with E-state index in [9.17, 15) is 4.79 Å². The summed E-state index contributed by atoms with van der Waals surface area (Å²) in [6.45, 7) is 2.06. The summed E-state index contributed by atoms with van der Waals surface area (Å²) in [5.74, 6) is 4.47. The van der Waals surface area contributed by atoms with Crippen LogP contribution in [0.1, 0.15) is 30.1 Å². The van der Waals surface area contributed by atoms with Crippen molar-refractivity contribution in [3.05, 3.63) is 35.9 Å². The molecule has 5 heteroatoms. The van der Waals surface area contributed by atoms with Gasteiger partial charge in [0.25, 0.3) is 0 Å². The molecule has 1 saturated heterocycles. The van der Waals surface area contributed by atoms with Gasteiger partial charge in [0.15, 0.2) is 11.5 Å². The lowest BCUT2D eigenvalue weighted by atomic mass is 9.92. The van der Waals surface area contributed by atoms with Crippen molar-refractivity contribution in [1.82, 2.24) is 4.90 Å². The van der Waals surface area contributed by atoms with E-state index in [0.29, 0.717) is 29.8 Å². The third-order valence-corrected chi connectivity index (χ3v) is 7.35. The number of nitrogens with zero attached hydrogens (tertiary/aromatic N) is 1. The molecule has 1 saturated carbocycles.